The Morgan fingerprint density at radius 2 is 2.25 bits per heavy atom. The Kier molecular flexibility index (Phi) is 3.34. The Labute approximate surface area is 74.3 Å². The van der Waals surface area contributed by atoms with Gasteiger partial charge in [-0.15, -0.1) is 0 Å². The first kappa shape index (κ1) is 8.79. The van der Waals surface area contributed by atoms with Gasteiger partial charge in [0.25, 0.3) is 0 Å². The van der Waals surface area contributed by atoms with Crippen molar-refractivity contribution in [1.82, 2.24) is 0 Å². The van der Waals surface area contributed by atoms with Gasteiger partial charge in [-0.05, 0) is 24.0 Å². The van der Waals surface area contributed by atoms with Crippen LogP contribution in [-0.4, -0.2) is 0 Å². The van der Waals surface area contributed by atoms with E-state index in [2.05, 4.69) is 31.4 Å². The number of hydrogen-bond donors (Lipinski definition) is 0. The fraction of sp³-hybridized carbons (Fsp3) is 0.167. The summed E-state index contributed by atoms with van der Waals surface area (Å²) >= 11 is 0. The maximum Gasteiger partial charge on any atom is -0.00916 e. The zero-order chi connectivity index (χ0) is 8.81. The number of hydrogen-bond acceptors (Lipinski definition) is 0. The van der Waals surface area contributed by atoms with Crippen LogP contribution in [0.1, 0.15) is 12.8 Å². The van der Waals surface area contributed by atoms with Crippen molar-refractivity contribution in [1.29, 1.82) is 0 Å². The van der Waals surface area contributed by atoms with E-state index in [0.29, 0.717) is 0 Å². The largest absolute Gasteiger partial charge is 0.0991 e. The van der Waals surface area contributed by atoms with E-state index >= 15 is 0 Å². The molecule has 0 heterocycles. The van der Waals surface area contributed by atoms with Crippen molar-refractivity contribution in [3.63, 3.8) is 0 Å². The van der Waals surface area contributed by atoms with Gasteiger partial charge in [0.1, 0.15) is 0 Å². The quantitative estimate of drug-likeness (QED) is 0.549. The Balaban J connectivity index is 2.60. The van der Waals surface area contributed by atoms with Crippen LogP contribution >= 0.6 is 0 Å². The van der Waals surface area contributed by atoms with Gasteiger partial charge in [-0.3, -0.25) is 0 Å². The zero-order valence-corrected chi connectivity index (χ0v) is 7.29. The molecule has 0 aromatic carbocycles. The minimum absolute atomic E-state index is 0.990. The molecule has 0 amide bonds. The van der Waals surface area contributed by atoms with Gasteiger partial charge in [0, 0.05) is 0 Å². The summed E-state index contributed by atoms with van der Waals surface area (Å²) < 4.78 is 0. The molecule has 0 aromatic rings. The van der Waals surface area contributed by atoms with E-state index in [1.165, 1.54) is 11.1 Å². The molecule has 1 rings (SSSR count). The molecule has 1 aliphatic rings. The molecule has 0 atom stereocenters. The Morgan fingerprint density at radius 1 is 1.42 bits per heavy atom. The maximum absolute atomic E-state index is 3.78. The molecular weight excluding hydrogens is 144 g/mol. The number of allylic oxidation sites excluding steroid dienone is 8. The number of rotatable bonds is 4. The van der Waals surface area contributed by atoms with Crippen LogP contribution < -0.4 is 0 Å². The zero-order valence-electron chi connectivity index (χ0n) is 7.29. The maximum atomic E-state index is 3.78. The first-order valence-electron chi connectivity index (χ1n) is 4.17. The fourth-order valence-corrected chi connectivity index (χ4v) is 1.27. The van der Waals surface area contributed by atoms with Crippen LogP contribution in [0.5, 0.6) is 0 Å². The van der Waals surface area contributed by atoms with Crippen LogP contribution in [0.4, 0.5) is 0 Å². The van der Waals surface area contributed by atoms with E-state index in [-0.39, 0.29) is 0 Å². The van der Waals surface area contributed by atoms with Crippen LogP contribution in [0, 0.1) is 0 Å². The van der Waals surface area contributed by atoms with Gasteiger partial charge in [0.15, 0.2) is 0 Å². The molecule has 0 fully saturated rings. The second kappa shape index (κ2) is 4.55. The van der Waals surface area contributed by atoms with E-state index in [1.807, 2.05) is 12.2 Å². The molecule has 1 aliphatic carbocycles. The summed E-state index contributed by atoms with van der Waals surface area (Å²) in [6.07, 6.45) is 14.2. The van der Waals surface area contributed by atoms with Crippen molar-refractivity contribution in [2.45, 2.75) is 12.8 Å². The highest BCUT2D eigenvalue weighted by molar-refractivity contribution is 5.40. The van der Waals surface area contributed by atoms with E-state index in [4.69, 9.17) is 0 Å². The van der Waals surface area contributed by atoms with Crippen LogP contribution in [0.3, 0.4) is 0 Å². The van der Waals surface area contributed by atoms with E-state index < -0.39 is 0 Å². The molecule has 0 spiro atoms. The average molecular weight is 158 g/mol. The summed E-state index contributed by atoms with van der Waals surface area (Å²) in [6, 6.07) is 0. The highest BCUT2D eigenvalue weighted by Crippen LogP contribution is 2.22. The molecule has 0 nitrogen and oxygen atoms in total. The lowest BCUT2D eigenvalue weighted by Gasteiger charge is -1.97. The summed E-state index contributed by atoms with van der Waals surface area (Å²) in [4.78, 5) is 0. The van der Waals surface area contributed by atoms with Crippen molar-refractivity contribution >= 4 is 0 Å². The molecule has 0 unspecified atom stereocenters. The van der Waals surface area contributed by atoms with Crippen molar-refractivity contribution in [3.8, 4) is 0 Å². The molecule has 0 radical (unpaired) electrons. The molecule has 0 heteroatoms. The highest BCUT2D eigenvalue weighted by atomic mass is 14.1. The van der Waals surface area contributed by atoms with Crippen molar-refractivity contribution in [2.75, 3.05) is 0 Å². The Bertz CT molecular complexity index is 262. The molecular formula is C12H14. The molecule has 12 heavy (non-hydrogen) atoms. The minimum Gasteiger partial charge on any atom is -0.0991 e. The van der Waals surface area contributed by atoms with Gasteiger partial charge in [-0.2, -0.15) is 0 Å². The van der Waals surface area contributed by atoms with Gasteiger partial charge >= 0.3 is 0 Å². The monoisotopic (exact) mass is 158 g/mol. The lowest BCUT2D eigenvalue weighted by atomic mass is 10.1. The van der Waals surface area contributed by atoms with Crippen molar-refractivity contribution < 1.29 is 0 Å². The predicted octanol–water partition coefficient (Wildman–Crippen LogP) is 3.56. The third-order valence-electron chi connectivity index (χ3n) is 1.93. The predicted molar refractivity (Wildman–Crippen MR) is 54.9 cm³/mol. The van der Waals surface area contributed by atoms with Crippen molar-refractivity contribution in [2.24, 2.45) is 0 Å². The van der Waals surface area contributed by atoms with Crippen molar-refractivity contribution in [3.05, 3.63) is 60.8 Å². The highest BCUT2D eigenvalue weighted by Gasteiger charge is 2.02. The first-order valence-corrected chi connectivity index (χ1v) is 4.17. The SMILES string of the molecule is C=C/C=C\CC1=C(C=C)CC=C1. The van der Waals surface area contributed by atoms with Crippen LogP contribution in [0.2, 0.25) is 0 Å². The standard InChI is InChI=1S/C12H14/c1-3-5-6-8-12-10-7-9-11(12)4-2/h3-7,10H,1-2,8-9H2/b6-5-. The second-order valence-electron chi connectivity index (χ2n) is 2.73. The van der Waals surface area contributed by atoms with Crippen LogP contribution in [0.15, 0.2) is 60.8 Å². The van der Waals surface area contributed by atoms with E-state index in [0.717, 1.165) is 12.8 Å². The Hall–Kier alpha value is -1.30. The molecule has 62 valence electrons. The summed E-state index contributed by atoms with van der Waals surface area (Å²) in [5.74, 6) is 0. The first-order chi connectivity index (χ1) is 5.88. The topological polar surface area (TPSA) is 0 Å². The normalized spacial score (nSPS) is 16.0. The second-order valence-corrected chi connectivity index (χ2v) is 2.73. The van der Waals surface area contributed by atoms with Crippen LogP contribution in [0.25, 0.3) is 0 Å². The summed E-state index contributed by atoms with van der Waals surface area (Å²) in [5.41, 5.74) is 2.73. The van der Waals surface area contributed by atoms with Gasteiger partial charge in [-0.25, -0.2) is 0 Å². The minimum atomic E-state index is 0.990. The summed E-state index contributed by atoms with van der Waals surface area (Å²) in [7, 11) is 0. The summed E-state index contributed by atoms with van der Waals surface area (Å²) in [6.45, 7) is 7.40. The van der Waals surface area contributed by atoms with Gasteiger partial charge in [-0.1, -0.05) is 49.6 Å². The molecule has 0 aromatic heterocycles. The van der Waals surface area contributed by atoms with Gasteiger partial charge in [0.2, 0.25) is 0 Å². The molecule has 0 saturated carbocycles. The molecule has 0 saturated heterocycles. The van der Waals surface area contributed by atoms with E-state index in [9.17, 15) is 0 Å². The smallest absolute Gasteiger partial charge is 0.00916 e. The third kappa shape index (κ3) is 2.09. The molecule has 0 aliphatic heterocycles. The molecule has 0 N–H and O–H groups in total. The average Bonchev–Trinajstić information content (AvgIpc) is 2.52. The summed E-state index contributed by atoms with van der Waals surface area (Å²) in [5, 5.41) is 0. The Morgan fingerprint density at radius 3 is 2.92 bits per heavy atom. The lowest BCUT2D eigenvalue weighted by molar-refractivity contribution is 1.23. The van der Waals surface area contributed by atoms with E-state index in [1.54, 1.807) is 6.08 Å². The van der Waals surface area contributed by atoms with Gasteiger partial charge < -0.3 is 0 Å². The molecule has 0 bridgehead atoms. The third-order valence-corrected chi connectivity index (χ3v) is 1.93. The lowest BCUT2D eigenvalue weighted by Crippen LogP contribution is -1.77. The van der Waals surface area contributed by atoms with Gasteiger partial charge in [0.05, 0.1) is 0 Å². The fourth-order valence-electron chi connectivity index (χ4n) is 1.27. The van der Waals surface area contributed by atoms with Crippen LogP contribution in [-0.2, 0) is 0 Å².